The Labute approximate surface area is 127 Å². The van der Waals surface area contributed by atoms with E-state index in [1.165, 1.54) is 16.7 Å². The fourth-order valence-corrected chi connectivity index (χ4v) is 2.36. The summed E-state index contributed by atoms with van der Waals surface area (Å²) >= 11 is 6.56. The van der Waals surface area contributed by atoms with Gasteiger partial charge >= 0.3 is 0 Å². The van der Waals surface area contributed by atoms with Crippen molar-refractivity contribution in [2.24, 2.45) is 0 Å². The van der Waals surface area contributed by atoms with Crippen LogP contribution in [0.1, 0.15) is 22.1 Å². The van der Waals surface area contributed by atoms with Gasteiger partial charge in [0.2, 0.25) is 0 Å². The highest BCUT2D eigenvalue weighted by Gasteiger charge is 2.14. The Kier molecular flexibility index (Phi) is 8.15. The molecule has 3 nitrogen and oxygen atoms in total. The minimum absolute atomic E-state index is 0.0111. The van der Waals surface area contributed by atoms with Gasteiger partial charge in [0.05, 0.1) is 18.6 Å². The molecule has 0 aliphatic carbocycles. The van der Waals surface area contributed by atoms with Crippen molar-refractivity contribution in [2.45, 2.75) is 19.2 Å². The van der Waals surface area contributed by atoms with Gasteiger partial charge in [0.25, 0.3) is 0 Å². The van der Waals surface area contributed by atoms with Crippen LogP contribution in [0.4, 0.5) is 0 Å². The number of benzene rings is 1. The zero-order valence-corrected chi connectivity index (χ0v) is 13.7. The molecule has 0 aliphatic rings. The number of hydrogen-bond donors (Lipinski definition) is 0. The van der Waals surface area contributed by atoms with Crippen molar-refractivity contribution in [3.63, 3.8) is 0 Å². The lowest BCUT2D eigenvalue weighted by Gasteiger charge is -2.24. The van der Waals surface area contributed by atoms with E-state index in [9.17, 15) is 0 Å². The molecular formula is C16H26ClNO2. The summed E-state index contributed by atoms with van der Waals surface area (Å²) in [5.41, 5.74) is 3.76. The van der Waals surface area contributed by atoms with Gasteiger partial charge in [-0.05, 0) is 30.5 Å². The van der Waals surface area contributed by atoms with Crippen molar-refractivity contribution in [2.75, 3.05) is 47.1 Å². The fourth-order valence-electron chi connectivity index (χ4n) is 2.03. The number of aryl methyl sites for hydroxylation is 2. The van der Waals surface area contributed by atoms with Crippen molar-refractivity contribution in [1.29, 1.82) is 0 Å². The van der Waals surface area contributed by atoms with Crippen LogP contribution in [0.25, 0.3) is 0 Å². The predicted octanol–water partition coefficient (Wildman–Crippen LogP) is 3.18. The first-order valence-electron chi connectivity index (χ1n) is 7.00. The Bertz CT molecular complexity index is 390. The number of methoxy groups -OCH3 is 2. The van der Waals surface area contributed by atoms with E-state index in [4.69, 9.17) is 21.1 Å². The second-order valence-electron chi connectivity index (χ2n) is 5.10. The van der Waals surface area contributed by atoms with Gasteiger partial charge < -0.3 is 9.47 Å². The molecule has 1 aromatic rings. The van der Waals surface area contributed by atoms with Crippen LogP contribution in [-0.2, 0) is 9.47 Å². The van der Waals surface area contributed by atoms with Crippen molar-refractivity contribution in [3.8, 4) is 0 Å². The molecule has 1 unspecified atom stereocenters. The minimum atomic E-state index is -0.0111. The van der Waals surface area contributed by atoms with Gasteiger partial charge in [-0.25, -0.2) is 0 Å². The van der Waals surface area contributed by atoms with Crippen LogP contribution >= 0.6 is 11.6 Å². The van der Waals surface area contributed by atoms with E-state index >= 15 is 0 Å². The third-order valence-corrected chi connectivity index (χ3v) is 3.92. The number of ether oxygens (including phenoxy) is 2. The Morgan fingerprint density at radius 1 is 1.05 bits per heavy atom. The quantitative estimate of drug-likeness (QED) is 0.654. The SMILES string of the molecule is COCCN(CCOC)CC(Cl)c1ccc(C)c(C)c1. The first-order chi connectivity index (χ1) is 9.58. The molecule has 114 valence electrons. The Balaban J connectivity index is 2.62. The molecule has 0 aliphatic heterocycles. The van der Waals surface area contributed by atoms with E-state index in [0.717, 1.165) is 19.6 Å². The summed E-state index contributed by atoms with van der Waals surface area (Å²) in [5.74, 6) is 0. The third-order valence-electron chi connectivity index (χ3n) is 3.53. The van der Waals surface area contributed by atoms with E-state index in [-0.39, 0.29) is 5.38 Å². The minimum Gasteiger partial charge on any atom is -0.383 e. The van der Waals surface area contributed by atoms with Gasteiger partial charge in [-0.2, -0.15) is 0 Å². The number of hydrogen-bond acceptors (Lipinski definition) is 3. The van der Waals surface area contributed by atoms with E-state index in [1.54, 1.807) is 14.2 Å². The molecule has 0 heterocycles. The van der Waals surface area contributed by atoms with Gasteiger partial charge in [0.1, 0.15) is 0 Å². The Morgan fingerprint density at radius 3 is 2.15 bits per heavy atom. The van der Waals surface area contributed by atoms with Gasteiger partial charge in [-0.1, -0.05) is 18.2 Å². The van der Waals surface area contributed by atoms with Gasteiger partial charge in [0, 0.05) is 33.9 Å². The lowest BCUT2D eigenvalue weighted by molar-refractivity contribution is 0.114. The van der Waals surface area contributed by atoms with Gasteiger partial charge in [0.15, 0.2) is 0 Å². The van der Waals surface area contributed by atoms with Crippen LogP contribution in [-0.4, -0.2) is 52.0 Å². The van der Waals surface area contributed by atoms with E-state index < -0.39 is 0 Å². The molecule has 1 rings (SSSR count). The van der Waals surface area contributed by atoms with Crippen molar-refractivity contribution < 1.29 is 9.47 Å². The van der Waals surface area contributed by atoms with Crippen LogP contribution in [0.3, 0.4) is 0 Å². The molecule has 0 bridgehead atoms. The largest absolute Gasteiger partial charge is 0.383 e. The van der Waals surface area contributed by atoms with Gasteiger partial charge in [-0.15, -0.1) is 11.6 Å². The fraction of sp³-hybridized carbons (Fsp3) is 0.625. The predicted molar refractivity (Wildman–Crippen MR) is 84.7 cm³/mol. The zero-order chi connectivity index (χ0) is 15.0. The summed E-state index contributed by atoms with van der Waals surface area (Å²) in [6.07, 6.45) is 0. The average Bonchev–Trinajstić information content (AvgIpc) is 2.44. The highest BCUT2D eigenvalue weighted by molar-refractivity contribution is 6.21. The van der Waals surface area contributed by atoms with Crippen LogP contribution in [0, 0.1) is 13.8 Å². The molecule has 4 heteroatoms. The molecule has 0 fully saturated rings. The zero-order valence-electron chi connectivity index (χ0n) is 13.0. The van der Waals surface area contributed by atoms with E-state index in [0.29, 0.717) is 13.2 Å². The molecule has 0 amide bonds. The van der Waals surface area contributed by atoms with Crippen molar-refractivity contribution >= 4 is 11.6 Å². The first kappa shape index (κ1) is 17.4. The van der Waals surface area contributed by atoms with Crippen LogP contribution in [0.2, 0.25) is 0 Å². The summed E-state index contributed by atoms with van der Waals surface area (Å²) in [5, 5.41) is -0.0111. The third kappa shape index (κ3) is 5.80. The normalized spacial score (nSPS) is 12.9. The Morgan fingerprint density at radius 2 is 1.65 bits per heavy atom. The smallest absolute Gasteiger partial charge is 0.0712 e. The number of halogens is 1. The summed E-state index contributed by atoms with van der Waals surface area (Å²) in [6.45, 7) is 8.20. The molecule has 0 saturated heterocycles. The van der Waals surface area contributed by atoms with Crippen LogP contribution in [0.15, 0.2) is 18.2 Å². The van der Waals surface area contributed by atoms with E-state index in [2.05, 4.69) is 36.9 Å². The molecule has 0 spiro atoms. The first-order valence-corrected chi connectivity index (χ1v) is 7.43. The maximum absolute atomic E-state index is 6.56. The lowest BCUT2D eigenvalue weighted by Crippen LogP contribution is -2.33. The van der Waals surface area contributed by atoms with Crippen molar-refractivity contribution in [3.05, 3.63) is 34.9 Å². The van der Waals surface area contributed by atoms with Crippen LogP contribution < -0.4 is 0 Å². The molecule has 20 heavy (non-hydrogen) atoms. The summed E-state index contributed by atoms with van der Waals surface area (Å²) < 4.78 is 10.3. The maximum Gasteiger partial charge on any atom is 0.0712 e. The maximum atomic E-state index is 6.56. The average molecular weight is 300 g/mol. The van der Waals surface area contributed by atoms with Crippen LogP contribution in [0.5, 0.6) is 0 Å². The topological polar surface area (TPSA) is 21.7 Å². The monoisotopic (exact) mass is 299 g/mol. The highest BCUT2D eigenvalue weighted by Crippen LogP contribution is 2.23. The lowest BCUT2D eigenvalue weighted by atomic mass is 10.0. The molecule has 0 N–H and O–H groups in total. The number of rotatable bonds is 9. The summed E-state index contributed by atoms with van der Waals surface area (Å²) in [4.78, 5) is 2.28. The number of nitrogens with zero attached hydrogens (tertiary/aromatic N) is 1. The highest BCUT2D eigenvalue weighted by atomic mass is 35.5. The second-order valence-corrected chi connectivity index (χ2v) is 5.62. The standard InChI is InChI=1S/C16H26ClNO2/c1-13-5-6-15(11-14(13)2)16(17)12-18(7-9-19-3)8-10-20-4/h5-6,11,16H,7-10,12H2,1-4H3. The van der Waals surface area contributed by atoms with Crippen molar-refractivity contribution in [1.82, 2.24) is 4.90 Å². The Hall–Kier alpha value is -0.610. The summed E-state index contributed by atoms with van der Waals surface area (Å²) in [6, 6.07) is 6.43. The molecule has 0 aromatic heterocycles. The van der Waals surface area contributed by atoms with Gasteiger partial charge in [-0.3, -0.25) is 4.90 Å². The molecule has 0 saturated carbocycles. The molecular weight excluding hydrogens is 274 g/mol. The molecule has 0 radical (unpaired) electrons. The second kappa shape index (κ2) is 9.35. The number of alkyl halides is 1. The molecule has 1 atom stereocenters. The molecule has 1 aromatic carbocycles. The van der Waals surface area contributed by atoms with E-state index in [1.807, 2.05) is 0 Å². The summed E-state index contributed by atoms with van der Waals surface area (Å²) in [7, 11) is 3.44.